The molecule has 3 rings (SSSR count). The lowest BCUT2D eigenvalue weighted by atomic mass is 10.2. The van der Waals surface area contributed by atoms with E-state index in [1.54, 1.807) is 17.5 Å². The van der Waals surface area contributed by atoms with Crippen LogP contribution >= 0.6 is 22.9 Å². The summed E-state index contributed by atoms with van der Waals surface area (Å²) in [4.78, 5) is 16.2. The summed E-state index contributed by atoms with van der Waals surface area (Å²) in [7, 11) is 0. The molecule has 20 heavy (non-hydrogen) atoms. The number of nitrogens with two attached hydrogens (primary N) is 1. The summed E-state index contributed by atoms with van der Waals surface area (Å²) < 4.78 is 10.4. The van der Waals surface area contributed by atoms with Crippen molar-refractivity contribution in [3.63, 3.8) is 0 Å². The molecule has 1 amide bonds. The third-order valence-corrected chi connectivity index (χ3v) is 3.85. The first-order valence-corrected chi connectivity index (χ1v) is 6.98. The van der Waals surface area contributed by atoms with Gasteiger partial charge in [-0.25, -0.2) is 4.98 Å². The van der Waals surface area contributed by atoms with E-state index in [9.17, 15) is 4.79 Å². The molecule has 1 aliphatic heterocycles. The number of thiazole rings is 1. The van der Waals surface area contributed by atoms with Crippen molar-refractivity contribution in [3.8, 4) is 11.5 Å². The van der Waals surface area contributed by atoms with Crippen LogP contribution < -0.4 is 20.5 Å². The molecule has 104 valence electrons. The molecule has 0 saturated heterocycles. The van der Waals surface area contributed by atoms with Gasteiger partial charge in [0.15, 0.2) is 11.5 Å². The first-order valence-electron chi connectivity index (χ1n) is 5.72. The van der Waals surface area contributed by atoms with E-state index >= 15 is 0 Å². The first kappa shape index (κ1) is 13.2. The Kier molecular flexibility index (Phi) is 3.47. The summed E-state index contributed by atoms with van der Waals surface area (Å²) in [5.74, 6) is 0.763. The van der Waals surface area contributed by atoms with Gasteiger partial charge >= 0.3 is 0 Å². The lowest BCUT2D eigenvalue weighted by molar-refractivity contribution is 0.102. The molecule has 8 heteroatoms. The normalized spacial score (nSPS) is 12.5. The van der Waals surface area contributed by atoms with Gasteiger partial charge in [-0.05, 0) is 0 Å². The lowest BCUT2D eigenvalue weighted by Gasteiger charge is -2.07. The predicted octanol–water partition coefficient (Wildman–Crippen LogP) is 2.24. The standard InChI is InChI=1S/C12H10ClN3O3S/c13-6-1-9-10(19-5-18-9)2-7(6)16-12(17)8-4-20-11(3-14)15-8/h1-2,4H,3,5,14H2,(H,16,17). The molecule has 0 saturated carbocycles. The SMILES string of the molecule is NCc1nc(C(=O)Nc2cc3c(cc2Cl)OCO3)cs1. The van der Waals surface area contributed by atoms with Gasteiger partial charge in [0.2, 0.25) is 6.79 Å². The Hall–Kier alpha value is -1.83. The van der Waals surface area contributed by atoms with E-state index in [-0.39, 0.29) is 12.7 Å². The van der Waals surface area contributed by atoms with Gasteiger partial charge in [0.25, 0.3) is 5.91 Å². The smallest absolute Gasteiger partial charge is 0.275 e. The van der Waals surface area contributed by atoms with Gasteiger partial charge < -0.3 is 20.5 Å². The van der Waals surface area contributed by atoms with Gasteiger partial charge in [-0.1, -0.05) is 11.6 Å². The van der Waals surface area contributed by atoms with Crippen LogP contribution in [0.15, 0.2) is 17.5 Å². The molecule has 2 aromatic rings. The fourth-order valence-corrected chi connectivity index (χ4v) is 2.56. The highest BCUT2D eigenvalue weighted by Crippen LogP contribution is 2.39. The second-order valence-corrected chi connectivity index (χ2v) is 5.32. The fourth-order valence-electron chi connectivity index (χ4n) is 1.71. The van der Waals surface area contributed by atoms with Crippen molar-refractivity contribution >= 4 is 34.5 Å². The van der Waals surface area contributed by atoms with Crippen molar-refractivity contribution in [3.05, 3.63) is 33.2 Å². The van der Waals surface area contributed by atoms with Gasteiger partial charge in [-0.2, -0.15) is 0 Å². The number of nitrogens with one attached hydrogen (secondary N) is 1. The van der Waals surface area contributed by atoms with Gasteiger partial charge in [-0.3, -0.25) is 4.79 Å². The number of fused-ring (bicyclic) bond motifs is 1. The summed E-state index contributed by atoms with van der Waals surface area (Å²) in [5, 5.41) is 5.41. The Balaban J connectivity index is 1.82. The molecule has 0 aliphatic carbocycles. The number of anilines is 1. The number of aromatic nitrogens is 1. The number of nitrogens with zero attached hydrogens (tertiary/aromatic N) is 1. The van der Waals surface area contributed by atoms with E-state index in [1.807, 2.05) is 0 Å². The second-order valence-electron chi connectivity index (χ2n) is 3.97. The number of halogens is 1. The number of carbonyl (C=O) groups excluding carboxylic acids is 1. The molecule has 1 aliphatic rings. The zero-order chi connectivity index (χ0) is 14.1. The van der Waals surface area contributed by atoms with Crippen molar-refractivity contribution in [1.82, 2.24) is 4.98 Å². The molecule has 3 N–H and O–H groups in total. The second kappa shape index (κ2) is 5.28. The van der Waals surface area contributed by atoms with Crippen LogP contribution in [0.25, 0.3) is 0 Å². The summed E-state index contributed by atoms with van der Waals surface area (Å²) >= 11 is 7.42. The highest BCUT2D eigenvalue weighted by atomic mass is 35.5. The van der Waals surface area contributed by atoms with Crippen LogP contribution in [0.1, 0.15) is 15.5 Å². The van der Waals surface area contributed by atoms with E-state index < -0.39 is 0 Å². The fraction of sp³-hybridized carbons (Fsp3) is 0.167. The van der Waals surface area contributed by atoms with E-state index in [0.29, 0.717) is 39.5 Å². The number of ether oxygens (including phenoxy) is 2. The van der Waals surface area contributed by atoms with Crippen molar-refractivity contribution in [1.29, 1.82) is 0 Å². The Labute approximate surface area is 123 Å². The molecule has 6 nitrogen and oxygen atoms in total. The highest BCUT2D eigenvalue weighted by molar-refractivity contribution is 7.09. The molecule has 0 unspecified atom stereocenters. The quantitative estimate of drug-likeness (QED) is 0.907. The Morgan fingerprint density at radius 1 is 1.45 bits per heavy atom. The summed E-state index contributed by atoms with van der Waals surface area (Å²) in [6.07, 6.45) is 0. The largest absolute Gasteiger partial charge is 0.454 e. The molecule has 0 radical (unpaired) electrons. The molecule has 2 heterocycles. The summed E-state index contributed by atoms with van der Waals surface area (Å²) in [5.41, 5.74) is 6.22. The molecule has 0 spiro atoms. The zero-order valence-electron chi connectivity index (χ0n) is 10.2. The van der Waals surface area contributed by atoms with Crippen LogP contribution in [-0.2, 0) is 6.54 Å². The van der Waals surface area contributed by atoms with E-state index in [2.05, 4.69) is 10.3 Å². The van der Waals surface area contributed by atoms with Crippen LogP contribution in [0.4, 0.5) is 5.69 Å². The van der Waals surface area contributed by atoms with Crippen LogP contribution in [0.2, 0.25) is 5.02 Å². The first-order chi connectivity index (χ1) is 9.67. The van der Waals surface area contributed by atoms with Crippen LogP contribution in [-0.4, -0.2) is 17.7 Å². The number of hydrogen-bond donors (Lipinski definition) is 2. The predicted molar refractivity (Wildman–Crippen MR) is 75.5 cm³/mol. The number of carbonyl (C=O) groups is 1. The third-order valence-electron chi connectivity index (χ3n) is 2.67. The monoisotopic (exact) mass is 311 g/mol. The zero-order valence-corrected chi connectivity index (χ0v) is 11.8. The number of rotatable bonds is 3. The maximum atomic E-state index is 12.1. The number of benzene rings is 1. The third kappa shape index (κ3) is 2.43. The average molecular weight is 312 g/mol. The molecular weight excluding hydrogens is 302 g/mol. The minimum atomic E-state index is -0.346. The topological polar surface area (TPSA) is 86.5 Å². The lowest BCUT2D eigenvalue weighted by Crippen LogP contribution is -2.13. The van der Waals surface area contributed by atoms with Crippen molar-refractivity contribution in [2.45, 2.75) is 6.54 Å². The minimum absolute atomic E-state index is 0.148. The minimum Gasteiger partial charge on any atom is -0.454 e. The molecular formula is C12H10ClN3O3S. The molecule has 1 aromatic carbocycles. The molecule has 0 fully saturated rings. The van der Waals surface area contributed by atoms with Gasteiger partial charge in [0, 0.05) is 24.1 Å². The maximum Gasteiger partial charge on any atom is 0.275 e. The Bertz CT molecular complexity index is 674. The van der Waals surface area contributed by atoms with Crippen LogP contribution in [0.5, 0.6) is 11.5 Å². The van der Waals surface area contributed by atoms with Gasteiger partial charge in [0.05, 0.1) is 10.7 Å². The molecule has 0 atom stereocenters. The number of amides is 1. The molecule has 0 bridgehead atoms. The number of hydrogen-bond acceptors (Lipinski definition) is 6. The van der Waals surface area contributed by atoms with Gasteiger partial charge in [-0.15, -0.1) is 11.3 Å². The maximum absolute atomic E-state index is 12.1. The van der Waals surface area contributed by atoms with Crippen molar-refractivity contribution < 1.29 is 14.3 Å². The Morgan fingerprint density at radius 2 is 2.20 bits per heavy atom. The molecule has 1 aromatic heterocycles. The van der Waals surface area contributed by atoms with Gasteiger partial charge in [0.1, 0.15) is 10.7 Å². The van der Waals surface area contributed by atoms with Crippen LogP contribution in [0.3, 0.4) is 0 Å². The van der Waals surface area contributed by atoms with E-state index in [0.717, 1.165) is 0 Å². The van der Waals surface area contributed by atoms with E-state index in [4.69, 9.17) is 26.8 Å². The average Bonchev–Trinajstić information content (AvgIpc) is 3.07. The highest BCUT2D eigenvalue weighted by Gasteiger charge is 2.18. The van der Waals surface area contributed by atoms with Crippen molar-refractivity contribution in [2.24, 2.45) is 5.73 Å². The summed E-state index contributed by atoms with van der Waals surface area (Å²) in [6.45, 7) is 0.456. The van der Waals surface area contributed by atoms with E-state index in [1.165, 1.54) is 11.3 Å². The summed E-state index contributed by atoms with van der Waals surface area (Å²) in [6, 6.07) is 3.23. The Morgan fingerprint density at radius 3 is 2.90 bits per heavy atom. The van der Waals surface area contributed by atoms with Crippen molar-refractivity contribution in [2.75, 3.05) is 12.1 Å². The van der Waals surface area contributed by atoms with Crippen LogP contribution in [0, 0.1) is 0 Å².